The third-order valence-corrected chi connectivity index (χ3v) is 4.87. The predicted molar refractivity (Wildman–Crippen MR) is 112 cm³/mol. The van der Waals surface area contributed by atoms with Crippen molar-refractivity contribution in [2.24, 2.45) is 0 Å². The Labute approximate surface area is 178 Å². The van der Waals surface area contributed by atoms with E-state index < -0.39 is 16.7 Å². The van der Waals surface area contributed by atoms with Gasteiger partial charge in [-0.15, -0.1) is 0 Å². The molecule has 31 heavy (non-hydrogen) atoms. The van der Waals surface area contributed by atoms with Gasteiger partial charge in [-0.1, -0.05) is 0 Å². The number of carbonyl (C=O) groups excluding carboxylic acids is 2. The molecule has 2 amide bonds. The van der Waals surface area contributed by atoms with Gasteiger partial charge in [0.15, 0.2) is 11.5 Å². The van der Waals surface area contributed by atoms with Crippen molar-refractivity contribution < 1.29 is 29.1 Å². The second-order valence-electron chi connectivity index (χ2n) is 6.66. The number of ether oxygens (including phenoxy) is 2. The Morgan fingerprint density at radius 3 is 2.23 bits per heavy atom. The number of non-ortho nitro benzene ring substituents is 1. The number of nitrogens with zero attached hydrogens (tertiary/aromatic N) is 3. The van der Waals surface area contributed by atoms with Crippen LogP contribution in [-0.2, 0) is 9.59 Å². The van der Waals surface area contributed by atoms with E-state index in [0.29, 0.717) is 17.1 Å². The molecule has 2 aromatic rings. The number of benzene rings is 2. The third-order valence-electron chi connectivity index (χ3n) is 4.87. The Morgan fingerprint density at radius 1 is 1.03 bits per heavy atom. The van der Waals surface area contributed by atoms with Gasteiger partial charge in [0.1, 0.15) is 5.70 Å². The monoisotopic (exact) mass is 427 g/mol. The van der Waals surface area contributed by atoms with E-state index in [4.69, 9.17) is 9.47 Å². The van der Waals surface area contributed by atoms with E-state index in [2.05, 4.69) is 0 Å². The lowest BCUT2D eigenvalue weighted by atomic mass is 10.0. The van der Waals surface area contributed by atoms with Gasteiger partial charge in [-0.05, 0) is 29.8 Å². The summed E-state index contributed by atoms with van der Waals surface area (Å²) in [7, 11) is 4.50. The van der Waals surface area contributed by atoms with E-state index in [0.717, 1.165) is 4.90 Å². The fraction of sp³-hybridized carbons (Fsp3) is 0.238. The summed E-state index contributed by atoms with van der Waals surface area (Å²) in [5.74, 6) is -0.395. The van der Waals surface area contributed by atoms with Gasteiger partial charge in [0.2, 0.25) is 0 Å². The van der Waals surface area contributed by atoms with Gasteiger partial charge in [0, 0.05) is 31.8 Å². The molecule has 162 valence electrons. The molecule has 0 saturated carbocycles. The van der Waals surface area contributed by atoms with Crippen molar-refractivity contribution >= 4 is 28.8 Å². The van der Waals surface area contributed by atoms with Gasteiger partial charge in [-0.25, -0.2) is 4.90 Å². The number of nitro groups is 1. The normalized spacial score (nSPS) is 13.6. The molecule has 1 N–H and O–H groups in total. The van der Waals surface area contributed by atoms with Crippen LogP contribution in [0.5, 0.6) is 11.5 Å². The van der Waals surface area contributed by atoms with E-state index in [1.807, 2.05) is 0 Å². The number of carbonyl (C=O) groups is 2. The quantitative estimate of drug-likeness (QED) is 0.385. The Balaban J connectivity index is 2.11. The standard InChI is InChI=1S/C21H21N3O7/c1-22(10-11-25)19-18(13-4-6-14(7-5-13)24(28)29)20(26)23(21(19)27)15-8-9-16(30-2)17(12-15)31-3/h4-9,12,25H,10-11H2,1-3H3. The summed E-state index contributed by atoms with van der Waals surface area (Å²) >= 11 is 0. The zero-order valence-electron chi connectivity index (χ0n) is 17.2. The van der Waals surface area contributed by atoms with Crippen LogP contribution in [0.15, 0.2) is 48.2 Å². The molecule has 0 radical (unpaired) electrons. The summed E-state index contributed by atoms with van der Waals surface area (Å²) in [4.78, 5) is 39.6. The second-order valence-corrected chi connectivity index (χ2v) is 6.66. The highest BCUT2D eigenvalue weighted by molar-refractivity contribution is 6.45. The largest absolute Gasteiger partial charge is 0.493 e. The number of nitro benzene ring substituents is 1. The Hall–Kier alpha value is -3.92. The predicted octanol–water partition coefficient (Wildman–Crippen LogP) is 1.82. The zero-order chi connectivity index (χ0) is 22.7. The van der Waals surface area contributed by atoms with E-state index >= 15 is 0 Å². The number of likely N-dealkylation sites (N-methyl/N-ethyl adjacent to an activating group) is 1. The Kier molecular flexibility index (Phi) is 6.21. The van der Waals surface area contributed by atoms with Crippen molar-refractivity contribution in [1.82, 2.24) is 4.90 Å². The fourth-order valence-electron chi connectivity index (χ4n) is 3.34. The number of amides is 2. The minimum atomic E-state index is -0.592. The second kappa shape index (κ2) is 8.84. The average molecular weight is 427 g/mol. The molecule has 10 heteroatoms. The first-order valence-corrected chi connectivity index (χ1v) is 9.26. The number of anilines is 1. The maximum atomic E-state index is 13.4. The summed E-state index contributed by atoms with van der Waals surface area (Å²) in [6, 6.07) is 10.0. The maximum absolute atomic E-state index is 13.4. The number of imide groups is 1. The van der Waals surface area contributed by atoms with Gasteiger partial charge in [-0.2, -0.15) is 0 Å². The summed E-state index contributed by atoms with van der Waals surface area (Å²) in [6.45, 7) is -0.115. The first-order chi connectivity index (χ1) is 14.8. The molecule has 0 aromatic heterocycles. The lowest BCUT2D eigenvalue weighted by Crippen LogP contribution is -2.34. The van der Waals surface area contributed by atoms with Crippen LogP contribution in [0, 0.1) is 10.1 Å². The molecule has 0 spiro atoms. The highest BCUT2D eigenvalue weighted by Crippen LogP contribution is 2.38. The topological polar surface area (TPSA) is 122 Å². The zero-order valence-corrected chi connectivity index (χ0v) is 17.2. The van der Waals surface area contributed by atoms with Crippen LogP contribution >= 0.6 is 0 Å². The van der Waals surface area contributed by atoms with Gasteiger partial charge in [-0.3, -0.25) is 19.7 Å². The molecule has 0 fully saturated rings. The number of hydrogen-bond acceptors (Lipinski definition) is 8. The molecule has 2 aromatic carbocycles. The molecule has 0 unspecified atom stereocenters. The van der Waals surface area contributed by atoms with E-state index in [9.17, 15) is 24.8 Å². The van der Waals surface area contributed by atoms with Crippen LogP contribution in [0.25, 0.3) is 5.57 Å². The molecule has 0 aliphatic carbocycles. The summed E-state index contributed by atoms with van der Waals surface area (Å²) in [5, 5.41) is 20.3. The third kappa shape index (κ3) is 3.92. The number of hydrogen-bond donors (Lipinski definition) is 1. The minimum absolute atomic E-state index is 0.0858. The number of aliphatic hydroxyl groups is 1. The summed E-state index contributed by atoms with van der Waals surface area (Å²) < 4.78 is 10.5. The lowest BCUT2D eigenvalue weighted by Gasteiger charge is -2.21. The molecule has 1 aliphatic rings. The molecule has 1 heterocycles. The molecule has 0 atom stereocenters. The highest BCUT2D eigenvalue weighted by atomic mass is 16.6. The number of rotatable bonds is 8. The molecule has 10 nitrogen and oxygen atoms in total. The van der Waals surface area contributed by atoms with Gasteiger partial charge in [0.05, 0.1) is 37.0 Å². The van der Waals surface area contributed by atoms with Crippen LogP contribution in [0.4, 0.5) is 11.4 Å². The molecule has 0 saturated heterocycles. The summed E-state index contributed by atoms with van der Waals surface area (Å²) in [5.41, 5.74) is 0.669. The first kappa shape index (κ1) is 21.8. The van der Waals surface area contributed by atoms with E-state index in [1.165, 1.54) is 49.5 Å². The molecular formula is C21H21N3O7. The SMILES string of the molecule is COc1ccc(N2C(=O)C(c3ccc([N+](=O)[O-])cc3)=C(N(C)CCO)C2=O)cc1OC. The van der Waals surface area contributed by atoms with Gasteiger partial charge in [0.25, 0.3) is 17.5 Å². The first-order valence-electron chi connectivity index (χ1n) is 9.26. The van der Waals surface area contributed by atoms with Crippen molar-refractivity contribution in [1.29, 1.82) is 0 Å². The van der Waals surface area contributed by atoms with Crippen molar-refractivity contribution in [3.8, 4) is 11.5 Å². The van der Waals surface area contributed by atoms with Crippen LogP contribution in [-0.4, -0.2) is 61.2 Å². The van der Waals surface area contributed by atoms with Crippen molar-refractivity contribution in [2.45, 2.75) is 0 Å². The molecule has 1 aliphatic heterocycles. The minimum Gasteiger partial charge on any atom is -0.493 e. The van der Waals surface area contributed by atoms with Crippen LogP contribution in [0.1, 0.15) is 5.56 Å². The Morgan fingerprint density at radius 2 is 1.68 bits per heavy atom. The van der Waals surface area contributed by atoms with Gasteiger partial charge < -0.3 is 19.5 Å². The molecule has 0 bridgehead atoms. The lowest BCUT2D eigenvalue weighted by molar-refractivity contribution is -0.384. The molecule has 3 rings (SSSR count). The summed E-state index contributed by atoms with van der Waals surface area (Å²) in [6.07, 6.45) is 0. The van der Waals surface area contributed by atoms with Crippen molar-refractivity contribution in [2.75, 3.05) is 39.3 Å². The smallest absolute Gasteiger partial charge is 0.282 e. The van der Waals surface area contributed by atoms with Crippen LogP contribution in [0.2, 0.25) is 0 Å². The maximum Gasteiger partial charge on any atom is 0.282 e. The van der Waals surface area contributed by atoms with E-state index in [-0.39, 0.29) is 35.8 Å². The molecular weight excluding hydrogens is 406 g/mol. The van der Waals surface area contributed by atoms with E-state index in [1.54, 1.807) is 19.2 Å². The fourth-order valence-corrected chi connectivity index (χ4v) is 3.34. The highest BCUT2D eigenvalue weighted by Gasteiger charge is 2.42. The van der Waals surface area contributed by atoms with Gasteiger partial charge >= 0.3 is 0 Å². The average Bonchev–Trinajstić information content (AvgIpc) is 3.03. The van der Waals surface area contributed by atoms with Crippen molar-refractivity contribution in [3.05, 3.63) is 63.8 Å². The van der Waals surface area contributed by atoms with Crippen molar-refractivity contribution in [3.63, 3.8) is 0 Å². The van der Waals surface area contributed by atoms with Crippen LogP contribution < -0.4 is 14.4 Å². The number of methoxy groups -OCH3 is 2. The number of aliphatic hydroxyl groups excluding tert-OH is 1. The van der Waals surface area contributed by atoms with Crippen LogP contribution in [0.3, 0.4) is 0 Å². The Bertz CT molecular complexity index is 1060.